The van der Waals surface area contributed by atoms with E-state index >= 15 is 0 Å². The fourth-order valence-electron chi connectivity index (χ4n) is 1.89. The molecule has 0 radical (unpaired) electrons. The van der Waals surface area contributed by atoms with Crippen LogP contribution in [0.15, 0.2) is 18.2 Å². The van der Waals surface area contributed by atoms with Crippen LogP contribution in [0.4, 0.5) is 0 Å². The quantitative estimate of drug-likeness (QED) is 0.855. The number of aliphatic hydroxyl groups is 1. The Morgan fingerprint density at radius 2 is 2.06 bits per heavy atom. The fourth-order valence-corrected chi connectivity index (χ4v) is 1.89. The second-order valence-electron chi connectivity index (χ2n) is 5.62. The molecule has 0 aliphatic heterocycles. The number of nitrogens with one attached hydrogen (secondary N) is 1. The summed E-state index contributed by atoms with van der Waals surface area (Å²) in [5.74, 6) is 0.636. The van der Waals surface area contributed by atoms with E-state index in [9.17, 15) is 9.90 Å². The average molecular weight is 246 g/mol. The second kappa shape index (κ2) is 4.21. The predicted molar refractivity (Wildman–Crippen MR) is 70.3 cm³/mol. The third-order valence-corrected chi connectivity index (χ3v) is 2.93. The maximum atomic E-state index is 12.0. The van der Waals surface area contributed by atoms with Crippen LogP contribution in [0.1, 0.15) is 38.3 Å². The highest BCUT2D eigenvalue weighted by Crippen LogP contribution is 2.27. The molecular weight excluding hydrogens is 228 g/mol. The zero-order valence-corrected chi connectivity index (χ0v) is 11.1. The number of fused-ring (bicyclic) bond motifs is 1. The SMILES string of the molecule is Cc1nc2ccc(C(O)C(=O)C(C)(C)C)cc2[nH]1. The molecule has 0 amide bonds. The van der Waals surface area contributed by atoms with Crippen molar-refractivity contribution in [3.8, 4) is 0 Å². The van der Waals surface area contributed by atoms with E-state index in [1.807, 2.05) is 13.0 Å². The molecule has 2 aromatic rings. The summed E-state index contributed by atoms with van der Waals surface area (Å²) < 4.78 is 0. The molecule has 4 nitrogen and oxygen atoms in total. The lowest BCUT2D eigenvalue weighted by atomic mass is 9.85. The Labute approximate surface area is 106 Å². The van der Waals surface area contributed by atoms with Gasteiger partial charge in [-0.2, -0.15) is 0 Å². The van der Waals surface area contributed by atoms with Crippen LogP contribution in [0.2, 0.25) is 0 Å². The number of benzene rings is 1. The minimum absolute atomic E-state index is 0.182. The average Bonchev–Trinajstić information content (AvgIpc) is 2.64. The van der Waals surface area contributed by atoms with Gasteiger partial charge in [0.1, 0.15) is 11.9 Å². The van der Waals surface area contributed by atoms with Gasteiger partial charge in [-0.3, -0.25) is 4.79 Å². The molecule has 0 saturated carbocycles. The van der Waals surface area contributed by atoms with Crippen molar-refractivity contribution in [1.82, 2.24) is 9.97 Å². The number of nitrogens with zero attached hydrogens (tertiary/aromatic N) is 1. The van der Waals surface area contributed by atoms with Gasteiger partial charge in [-0.25, -0.2) is 4.98 Å². The van der Waals surface area contributed by atoms with E-state index in [-0.39, 0.29) is 5.78 Å². The molecule has 2 rings (SSSR count). The van der Waals surface area contributed by atoms with Gasteiger partial charge in [0.05, 0.1) is 11.0 Å². The number of imidazole rings is 1. The van der Waals surface area contributed by atoms with E-state index in [4.69, 9.17) is 0 Å². The van der Waals surface area contributed by atoms with Crippen molar-refractivity contribution in [2.75, 3.05) is 0 Å². The third-order valence-electron chi connectivity index (χ3n) is 2.93. The maximum Gasteiger partial charge on any atom is 0.171 e. The Hall–Kier alpha value is -1.68. The molecule has 1 heterocycles. The Bertz CT molecular complexity index is 593. The number of ketones is 1. The number of hydrogen-bond acceptors (Lipinski definition) is 3. The highest BCUT2D eigenvalue weighted by molar-refractivity contribution is 5.89. The van der Waals surface area contributed by atoms with Gasteiger partial charge >= 0.3 is 0 Å². The zero-order valence-electron chi connectivity index (χ0n) is 11.1. The molecule has 2 N–H and O–H groups in total. The van der Waals surface area contributed by atoms with Gasteiger partial charge in [0.15, 0.2) is 5.78 Å². The molecule has 4 heteroatoms. The number of aryl methyl sites for hydroxylation is 1. The number of carbonyl (C=O) groups is 1. The molecule has 0 aliphatic rings. The van der Waals surface area contributed by atoms with Crippen molar-refractivity contribution in [1.29, 1.82) is 0 Å². The highest BCUT2D eigenvalue weighted by Gasteiger charge is 2.29. The summed E-state index contributed by atoms with van der Waals surface area (Å²) in [4.78, 5) is 19.4. The van der Waals surface area contributed by atoms with Gasteiger partial charge in [-0.15, -0.1) is 0 Å². The summed E-state index contributed by atoms with van der Waals surface area (Å²) in [6.45, 7) is 7.28. The van der Waals surface area contributed by atoms with Crippen LogP contribution in [-0.2, 0) is 4.79 Å². The summed E-state index contributed by atoms with van der Waals surface area (Å²) >= 11 is 0. The first-order valence-corrected chi connectivity index (χ1v) is 5.97. The Balaban J connectivity index is 2.39. The molecule has 1 unspecified atom stereocenters. The van der Waals surface area contributed by atoms with Crippen molar-refractivity contribution in [2.45, 2.75) is 33.8 Å². The Morgan fingerprint density at radius 1 is 1.39 bits per heavy atom. The van der Waals surface area contributed by atoms with E-state index in [1.165, 1.54) is 0 Å². The van der Waals surface area contributed by atoms with Crippen LogP contribution in [0.3, 0.4) is 0 Å². The molecule has 1 aromatic heterocycles. The number of aromatic amines is 1. The molecule has 18 heavy (non-hydrogen) atoms. The molecule has 0 aliphatic carbocycles. The lowest BCUT2D eigenvalue weighted by Gasteiger charge is -2.21. The van der Waals surface area contributed by atoms with E-state index in [2.05, 4.69) is 9.97 Å². The Kier molecular flexibility index (Phi) is 2.99. The number of hydrogen-bond donors (Lipinski definition) is 2. The van der Waals surface area contributed by atoms with Gasteiger partial charge in [-0.1, -0.05) is 26.8 Å². The van der Waals surface area contributed by atoms with Crippen LogP contribution in [0.25, 0.3) is 11.0 Å². The van der Waals surface area contributed by atoms with Gasteiger partial charge in [0.2, 0.25) is 0 Å². The number of rotatable bonds is 2. The number of Topliss-reactive ketones (excluding diaryl/α,β-unsaturated/α-hetero) is 1. The molecule has 96 valence electrons. The topological polar surface area (TPSA) is 66.0 Å². The van der Waals surface area contributed by atoms with Gasteiger partial charge in [-0.05, 0) is 24.6 Å². The molecule has 0 fully saturated rings. The lowest BCUT2D eigenvalue weighted by Crippen LogP contribution is -2.26. The van der Waals surface area contributed by atoms with Gasteiger partial charge in [0, 0.05) is 5.41 Å². The first-order chi connectivity index (χ1) is 8.29. The van der Waals surface area contributed by atoms with Crippen molar-refractivity contribution in [3.05, 3.63) is 29.6 Å². The van der Waals surface area contributed by atoms with Crippen LogP contribution in [-0.4, -0.2) is 20.9 Å². The van der Waals surface area contributed by atoms with Crippen molar-refractivity contribution in [2.24, 2.45) is 5.41 Å². The van der Waals surface area contributed by atoms with E-state index in [1.54, 1.807) is 32.9 Å². The van der Waals surface area contributed by atoms with Crippen LogP contribution < -0.4 is 0 Å². The second-order valence-corrected chi connectivity index (χ2v) is 5.62. The normalized spacial score (nSPS) is 13.8. The molecule has 0 bridgehead atoms. The summed E-state index contributed by atoms with van der Waals surface area (Å²) in [5.41, 5.74) is 1.72. The molecular formula is C14H18N2O2. The summed E-state index contributed by atoms with van der Waals surface area (Å²) in [6, 6.07) is 5.34. The molecule has 0 spiro atoms. The lowest BCUT2D eigenvalue weighted by molar-refractivity contribution is -0.135. The van der Waals surface area contributed by atoms with Gasteiger partial charge < -0.3 is 10.1 Å². The van der Waals surface area contributed by atoms with Crippen molar-refractivity contribution in [3.63, 3.8) is 0 Å². The smallest absolute Gasteiger partial charge is 0.171 e. The first kappa shape index (κ1) is 12.8. The number of aromatic nitrogens is 2. The highest BCUT2D eigenvalue weighted by atomic mass is 16.3. The fraction of sp³-hybridized carbons (Fsp3) is 0.429. The zero-order chi connectivity index (χ0) is 13.5. The van der Waals surface area contributed by atoms with Crippen LogP contribution >= 0.6 is 0 Å². The Morgan fingerprint density at radius 3 is 2.67 bits per heavy atom. The predicted octanol–water partition coefficient (Wildman–Crippen LogP) is 2.52. The van der Waals surface area contributed by atoms with E-state index < -0.39 is 11.5 Å². The molecule has 1 atom stereocenters. The minimum Gasteiger partial charge on any atom is -0.381 e. The number of H-pyrrole nitrogens is 1. The summed E-state index contributed by atoms with van der Waals surface area (Å²) in [6.07, 6.45) is -1.09. The van der Waals surface area contributed by atoms with Gasteiger partial charge in [0.25, 0.3) is 0 Å². The summed E-state index contributed by atoms with van der Waals surface area (Å²) in [5, 5.41) is 10.1. The van der Waals surface area contributed by atoms with Crippen molar-refractivity contribution >= 4 is 16.8 Å². The third kappa shape index (κ3) is 2.29. The van der Waals surface area contributed by atoms with Crippen LogP contribution in [0, 0.1) is 12.3 Å². The van der Waals surface area contributed by atoms with Crippen LogP contribution in [0.5, 0.6) is 0 Å². The summed E-state index contributed by atoms with van der Waals surface area (Å²) in [7, 11) is 0. The largest absolute Gasteiger partial charge is 0.381 e. The van der Waals surface area contributed by atoms with E-state index in [0.717, 1.165) is 16.9 Å². The standard InChI is InChI=1S/C14H18N2O2/c1-8-15-10-6-5-9(7-11(10)16-8)12(17)13(18)14(2,3)4/h5-7,12,17H,1-4H3,(H,15,16). The minimum atomic E-state index is -1.09. The van der Waals surface area contributed by atoms with Crippen molar-refractivity contribution < 1.29 is 9.90 Å². The molecule has 0 saturated heterocycles. The maximum absolute atomic E-state index is 12.0. The molecule has 1 aromatic carbocycles. The van der Waals surface area contributed by atoms with E-state index in [0.29, 0.717) is 5.56 Å². The monoisotopic (exact) mass is 246 g/mol. The number of carbonyl (C=O) groups excluding carboxylic acids is 1. The number of aliphatic hydroxyl groups excluding tert-OH is 1. The first-order valence-electron chi connectivity index (χ1n) is 5.97.